The standard InChI is InChI=1S/C24H36NO3P/c1-8-13-24(5,19-14-18(27-6)15-20(28-7)22(19)26)29-21-12-10-9-11-17(21)16-25-23(2,3)4/h9-12,14-15,25-26,29H,8,13,16H2,1-7H3. The summed E-state index contributed by atoms with van der Waals surface area (Å²) in [6, 6.07) is 12.3. The van der Waals surface area contributed by atoms with Crippen molar-refractivity contribution in [3.05, 3.63) is 47.5 Å². The zero-order chi connectivity index (χ0) is 21.7. The Kier molecular flexibility index (Phi) is 7.96. The van der Waals surface area contributed by atoms with Crippen LogP contribution in [0.1, 0.15) is 58.6 Å². The Labute approximate surface area is 177 Å². The first kappa shape index (κ1) is 23.5. The van der Waals surface area contributed by atoms with Crippen molar-refractivity contribution >= 4 is 13.9 Å². The lowest BCUT2D eigenvalue weighted by Gasteiger charge is -2.33. The molecule has 0 saturated carbocycles. The highest BCUT2D eigenvalue weighted by Crippen LogP contribution is 2.51. The van der Waals surface area contributed by atoms with Crippen molar-refractivity contribution in [3.63, 3.8) is 0 Å². The highest BCUT2D eigenvalue weighted by Gasteiger charge is 2.32. The van der Waals surface area contributed by atoms with Gasteiger partial charge < -0.3 is 19.9 Å². The number of methoxy groups -OCH3 is 2. The highest BCUT2D eigenvalue weighted by molar-refractivity contribution is 7.48. The molecule has 0 fully saturated rings. The Bertz CT molecular complexity index is 816. The number of phenols is 1. The maximum Gasteiger partial charge on any atom is 0.164 e. The summed E-state index contributed by atoms with van der Waals surface area (Å²) in [7, 11) is 3.72. The number of nitrogens with one attached hydrogen (secondary N) is 1. The Morgan fingerprint density at radius 3 is 2.31 bits per heavy atom. The second-order valence-electron chi connectivity index (χ2n) is 8.69. The van der Waals surface area contributed by atoms with Gasteiger partial charge in [-0.25, -0.2) is 0 Å². The first-order chi connectivity index (χ1) is 13.6. The molecule has 160 valence electrons. The van der Waals surface area contributed by atoms with E-state index in [0.29, 0.717) is 20.1 Å². The van der Waals surface area contributed by atoms with Gasteiger partial charge in [-0.2, -0.15) is 0 Å². The molecule has 0 amide bonds. The minimum Gasteiger partial charge on any atom is -0.504 e. The molecule has 2 aromatic carbocycles. The van der Waals surface area contributed by atoms with E-state index in [2.05, 4.69) is 64.2 Å². The molecule has 2 atom stereocenters. The molecular weight excluding hydrogens is 381 g/mol. The van der Waals surface area contributed by atoms with Crippen LogP contribution in [0.2, 0.25) is 0 Å². The summed E-state index contributed by atoms with van der Waals surface area (Å²) in [5, 5.41) is 15.6. The normalized spacial score (nSPS) is 14.2. The largest absolute Gasteiger partial charge is 0.504 e. The Morgan fingerprint density at radius 1 is 1.03 bits per heavy atom. The maximum absolute atomic E-state index is 10.9. The molecule has 0 saturated heterocycles. The van der Waals surface area contributed by atoms with Crippen molar-refractivity contribution in [2.45, 2.75) is 64.7 Å². The van der Waals surface area contributed by atoms with Gasteiger partial charge in [0.15, 0.2) is 11.5 Å². The fourth-order valence-electron chi connectivity index (χ4n) is 3.50. The van der Waals surface area contributed by atoms with Crippen LogP contribution in [-0.4, -0.2) is 24.9 Å². The van der Waals surface area contributed by atoms with Crippen molar-refractivity contribution < 1.29 is 14.6 Å². The quantitative estimate of drug-likeness (QED) is 0.543. The van der Waals surface area contributed by atoms with Crippen molar-refractivity contribution in [2.24, 2.45) is 0 Å². The Morgan fingerprint density at radius 2 is 1.72 bits per heavy atom. The third kappa shape index (κ3) is 6.10. The molecular formula is C24H36NO3P. The van der Waals surface area contributed by atoms with E-state index in [0.717, 1.165) is 24.9 Å². The van der Waals surface area contributed by atoms with Crippen LogP contribution in [0, 0.1) is 0 Å². The smallest absolute Gasteiger partial charge is 0.164 e. The van der Waals surface area contributed by atoms with Gasteiger partial charge in [-0.15, -0.1) is 0 Å². The van der Waals surface area contributed by atoms with E-state index in [1.54, 1.807) is 20.3 Å². The summed E-state index contributed by atoms with van der Waals surface area (Å²) in [6.45, 7) is 11.8. The maximum atomic E-state index is 10.9. The first-order valence-electron chi connectivity index (χ1n) is 10.2. The second kappa shape index (κ2) is 9.82. The van der Waals surface area contributed by atoms with Crippen molar-refractivity contribution in [2.75, 3.05) is 14.2 Å². The lowest BCUT2D eigenvalue weighted by Crippen LogP contribution is -2.36. The number of rotatable bonds is 9. The molecule has 5 heteroatoms. The third-order valence-electron chi connectivity index (χ3n) is 5.09. The van der Waals surface area contributed by atoms with Crippen molar-refractivity contribution in [3.8, 4) is 17.2 Å². The fourth-order valence-corrected chi connectivity index (χ4v) is 5.30. The van der Waals surface area contributed by atoms with E-state index in [-0.39, 0.29) is 16.4 Å². The minimum atomic E-state index is -0.224. The first-order valence-corrected chi connectivity index (χ1v) is 11.2. The van der Waals surface area contributed by atoms with Crippen LogP contribution in [-0.2, 0) is 11.7 Å². The SMILES string of the molecule is CCCC(C)(Pc1ccccc1CNC(C)(C)C)c1cc(OC)cc(OC)c1O. The molecule has 0 aliphatic rings. The molecule has 2 N–H and O–H groups in total. The summed E-state index contributed by atoms with van der Waals surface area (Å²) in [5.41, 5.74) is 2.24. The molecule has 0 aliphatic carbocycles. The lowest BCUT2D eigenvalue weighted by atomic mass is 9.93. The molecule has 2 aromatic rings. The number of ether oxygens (including phenoxy) is 2. The van der Waals surface area contributed by atoms with Crippen molar-refractivity contribution in [1.82, 2.24) is 5.32 Å². The molecule has 0 heterocycles. The number of benzene rings is 2. The van der Waals surface area contributed by atoms with Gasteiger partial charge >= 0.3 is 0 Å². The fraction of sp³-hybridized carbons (Fsp3) is 0.500. The Hall–Kier alpha value is -1.77. The molecule has 0 aromatic heterocycles. The van der Waals surface area contributed by atoms with E-state index in [1.807, 2.05) is 6.07 Å². The third-order valence-corrected chi connectivity index (χ3v) is 6.91. The predicted octanol–water partition coefficient (Wildman–Crippen LogP) is 5.32. The van der Waals surface area contributed by atoms with Gasteiger partial charge in [0.2, 0.25) is 0 Å². The van der Waals surface area contributed by atoms with E-state index >= 15 is 0 Å². The summed E-state index contributed by atoms with van der Waals surface area (Å²) in [5.74, 6) is 1.36. The van der Waals surface area contributed by atoms with E-state index in [4.69, 9.17) is 9.47 Å². The molecule has 0 spiro atoms. The van der Waals surface area contributed by atoms with Gasteiger partial charge in [-0.05, 0) is 44.1 Å². The summed E-state index contributed by atoms with van der Waals surface area (Å²) in [6.07, 6.45) is 1.97. The van der Waals surface area contributed by atoms with Gasteiger partial charge in [0, 0.05) is 28.9 Å². The monoisotopic (exact) mass is 417 g/mol. The van der Waals surface area contributed by atoms with Crippen LogP contribution in [0.4, 0.5) is 0 Å². The molecule has 0 aliphatic heterocycles. The zero-order valence-electron chi connectivity index (χ0n) is 18.8. The van der Waals surface area contributed by atoms with Crippen LogP contribution >= 0.6 is 8.58 Å². The number of aromatic hydroxyl groups is 1. The van der Waals surface area contributed by atoms with Gasteiger partial charge in [0.05, 0.1) is 14.2 Å². The molecule has 4 nitrogen and oxygen atoms in total. The van der Waals surface area contributed by atoms with Crippen LogP contribution in [0.3, 0.4) is 0 Å². The van der Waals surface area contributed by atoms with Crippen LogP contribution in [0.15, 0.2) is 36.4 Å². The minimum absolute atomic E-state index is 0.0569. The van der Waals surface area contributed by atoms with Gasteiger partial charge in [-0.3, -0.25) is 0 Å². The highest BCUT2D eigenvalue weighted by atomic mass is 31.1. The number of hydrogen-bond acceptors (Lipinski definition) is 4. The topological polar surface area (TPSA) is 50.7 Å². The van der Waals surface area contributed by atoms with Crippen LogP contribution in [0.5, 0.6) is 17.2 Å². The van der Waals surface area contributed by atoms with E-state index in [9.17, 15) is 5.11 Å². The molecule has 29 heavy (non-hydrogen) atoms. The summed E-state index contributed by atoms with van der Waals surface area (Å²) < 4.78 is 10.9. The summed E-state index contributed by atoms with van der Waals surface area (Å²) in [4.78, 5) is 0. The molecule has 0 bridgehead atoms. The van der Waals surface area contributed by atoms with E-state index in [1.165, 1.54) is 10.9 Å². The Balaban J connectivity index is 2.48. The zero-order valence-corrected chi connectivity index (χ0v) is 19.8. The molecule has 2 unspecified atom stereocenters. The lowest BCUT2D eigenvalue weighted by molar-refractivity contribution is 0.357. The predicted molar refractivity (Wildman–Crippen MR) is 124 cm³/mol. The second-order valence-corrected chi connectivity index (χ2v) is 10.6. The average Bonchev–Trinajstić information content (AvgIpc) is 2.67. The van der Waals surface area contributed by atoms with Crippen LogP contribution < -0.4 is 20.1 Å². The van der Waals surface area contributed by atoms with Gasteiger partial charge in [-0.1, -0.05) is 53.1 Å². The molecule has 0 radical (unpaired) electrons. The summed E-state index contributed by atoms with van der Waals surface area (Å²) >= 11 is 0. The molecule has 2 rings (SSSR count). The van der Waals surface area contributed by atoms with Crippen LogP contribution in [0.25, 0.3) is 0 Å². The average molecular weight is 418 g/mol. The number of hydrogen-bond donors (Lipinski definition) is 2. The van der Waals surface area contributed by atoms with Crippen molar-refractivity contribution in [1.29, 1.82) is 0 Å². The van der Waals surface area contributed by atoms with Gasteiger partial charge in [0.1, 0.15) is 5.75 Å². The van der Waals surface area contributed by atoms with E-state index < -0.39 is 0 Å². The van der Waals surface area contributed by atoms with Gasteiger partial charge in [0.25, 0.3) is 0 Å². The number of phenolic OH excluding ortho intramolecular Hbond substituents is 1.